The number of carbonyl (C=O) groups is 2. The molecular formula is C13H10BiBrF2O5. The van der Waals surface area contributed by atoms with E-state index in [0.717, 1.165) is 0 Å². The first-order valence-electron chi connectivity index (χ1n) is 6.11. The van der Waals surface area contributed by atoms with Crippen LogP contribution in [0.25, 0.3) is 0 Å². The Hall–Kier alpha value is -0.657. The van der Waals surface area contributed by atoms with E-state index in [1.165, 1.54) is 12.1 Å². The zero-order valence-corrected chi connectivity index (χ0v) is 16.0. The summed E-state index contributed by atoms with van der Waals surface area (Å²) in [5.74, 6) is -4.07. The molecule has 5 nitrogen and oxygen atoms in total. The van der Waals surface area contributed by atoms with Crippen LogP contribution in [0, 0.1) is 0 Å². The second kappa shape index (κ2) is 7.28. The van der Waals surface area contributed by atoms with Gasteiger partial charge in [-0.1, -0.05) is 0 Å². The van der Waals surface area contributed by atoms with E-state index in [0.29, 0.717) is 0 Å². The summed E-state index contributed by atoms with van der Waals surface area (Å²) in [6, 6.07) is 8.10. The summed E-state index contributed by atoms with van der Waals surface area (Å²) in [6.07, 6.45) is -3.03. The molecule has 0 bridgehead atoms. The van der Waals surface area contributed by atoms with Gasteiger partial charge in [0.25, 0.3) is 0 Å². The van der Waals surface area contributed by atoms with Crippen LogP contribution in [0.4, 0.5) is 13.6 Å². The minimum atomic E-state index is -3.40. The number of esters is 1. The number of rotatable bonds is 4. The Kier molecular flexibility index (Phi) is 5.85. The fourth-order valence-electron chi connectivity index (χ4n) is 1.90. The summed E-state index contributed by atoms with van der Waals surface area (Å²) in [4.78, 5) is 22.8. The number of ether oxygens (including phenoxy) is 3. The maximum atomic E-state index is 13.9. The van der Waals surface area contributed by atoms with Crippen molar-refractivity contribution in [2.75, 3.05) is 6.61 Å². The van der Waals surface area contributed by atoms with Crippen molar-refractivity contribution in [3.05, 3.63) is 35.9 Å². The van der Waals surface area contributed by atoms with E-state index in [9.17, 15) is 18.4 Å². The average molecular weight is 573 g/mol. The third-order valence-electron chi connectivity index (χ3n) is 2.93. The summed E-state index contributed by atoms with van der Waals surface area (Å²) in [5.41, 5.74) is 0.289. The van der Waals surface area contributed by atoms with Crippen molar-refractivity contribution < 1.29 is 32.6 Å². The second-order valence-corrected chi connectivity index (χ2v) is 6.69. The van der Waals surface area contributed by atoms with E-state index in [-0.39, 0.29) is 30.3 Å². The fraction of sp³-hybridized carbons (Fsp3) is 0.385. The average Bonchev–Trinajstić information content (AvgIpc) is 2.68. The van der Waals surface area contributed by atoms with Crippen LogP contribution in [0.5, 0.6) is 0 Å². The normalized spacial score (nSPS) is 26.5. The van der Waals surface area contributed by atoms with Crippen molar-refractivity contribution >= 4 is 50.3 Å². The number of benzene rings is 1. The standard InChI is InChI=1S/C13H10BrF2O5.Bi/c14-12-13(15,16)10(20-7-17)9(21-12)6-19-11(18)8-4-2-1-3-5-8;/h1-5,9-10,12H,6H2;/t9-,10?,12-;/m1./s1. The molecule has 0 N–H and O–H groups in total. The SMILES string of the molecule is O=[C]([Bi])OC1[C@@H](COC(=O)c2ccccc2)O[C@@H](Br)C1(F)F. The molecule has 118 valence electrons. The molecule has 1 aromatic rings. The van der Waals surface area contributed by atoms with Crippen LogP contribution in [0.2, 0.25) is 0 Å². The first-order chi connectivity index (χ1) is 10.3. The van der Waals surface area contributed by atoms with Crippen LogP contribution in [-0.4, -0.2) is 64.1 Å². The molecule has 1 aliphatic heterocycles. The van der Waals surface area contributed by atoms with Gasteiger partial charge in [0.15, 0.2) is 0 Å². The number of hydrogen-bond acceptors (Lipinski definition) is 5. The van der Waals surface area contributed by atoms with Gasteiger partial charge in [-0.3, -0.25) is 0 Å². The van der Waals surface area contributed by atoms with Gasteiger partial charge in [-0.15, -0.1) is 0 Å². The summed E-state index contributed by atoms with van der Waals surface area (Å²) in [7, 11) is 0. The molecule has 1 heterocycles. The predicted octanol–water partition coefficient (Wildman–Crippen LogP) is 2.27. The molecule has 0 aliphatic carbocycles. The van der Waals surface area contributed by atoms with Crippen LogP contribution in [0.1, 0.15) is 10.4 Å². The number of carbonyl (C=O) groups excluding carboxylic acids is 2. The van der Waals surface area contributed by atoms with E-state index in [1.54, 1.807) is 18.2 Å². The van der Waals surface area contributed by atoms with Crippen molar-refractivity contribution in [1.29, 1.82) is 0 Å². The van der Waals surface area contributed by atoms with Gasteiger partial charge in [0, 0.05) is 0 Å². The van der Waals surface area contributed by atoms with E-state index < -0.39 is 39.4 Å². The molecule has 1 aromatic carbocycles. The van der Waals surface area contributed by atoms with Gasteiger partial charge in [-0.05, 0) is 0 Å². The van der Waals surface area contributed by atoms with Crippen molar-refractivity contribution in [2.45, 2.75) is 23.1 Å². The van der Waals surface area contributed by atoms with E-state index in [1.807, 2.05) is 0 Å². The Balaban J connectivity index is 2.02. The van der Waals surface area contributed by atoms with Crippen LogP contribution < -0.4 is 0 Å². The maximum absolute atomic E-state index is 13.9. The van der Waals surface area contributed by atoms with Gasteiger partial charge in [-0.25, -0.2) is 0 Å². The van der Waals surface area contributed by atoms with Gasteiger partial charge >= 0.3 is 149 Å². The summed E-state index contributed by atoms with van der Waals surface area (Å²) >= 11 is 2.87. The first-order valence-corrected chi connectivity index (χ1v) is 8.77. The molecule has 3 atom stereocenters. The van der Waals surface area contributed by atoms with Gasteiger partial charge in [0.1, 0.15) is 0 Å². The monoisotopic (exact) mass is 572 g/mol. The zero-order chi connectivity index (χ0) is 16.3. The van der Waals surface area contributed by atoms with Crippen molar-refractivity contribution in [3.63, 3.8) is 0 Å². The number of halogens is 3. The third-order valence-corrected chi connectivity index (χ3v) is 4.17. The van der Waals surface area contributed by atoms with Crippen molar-refractivity contribution in [3.8, 4) is 0 Å². The van der Waals surface area contributed by atoms with Crippen LogP contribution in [0.15, 0.2) is 30.3 Å². The molecule has 0 aromatic heterocycles. The van der Waals surface area contributed by atoms with Crippen LogP contribution >= 0.6 is 15.9 Å². The Labute approximate surface area is 148 Å². The van der Waals surface area contributed by atoms with Crippen molar-refractivity contribution in [2.24, 2.45) is 0 Å². The molecule has 2 rings (SSSR count). The third kappa shape index (κ3) is 4.00. The quantitative estimate of drug-likeness (QED) is 0.315. The first kappa shape index (κ1) is 17.7. The molecule has 0 saturated carbocycles. The molecule has 1 unspecified atom stereocenters. The Morgan fingerprint density at radius 2 is 1.95 bits per heavy atom. The second-order valence-electron chi connectivity index (χ2n) is 4.43. The Morgan fingerprint density at radius 1 is 1.32 bits per heavy atom. The molecule has 0 spiro atoms. The van der Waals surface area contributed by atoms with Gasteiger partial charge < -0.3 is 0 Å². The molecule has 2 radical (unpaired) electrons. The number of alkyl halides is 3. The van der Waals surface area contributed by atoms with Gasteiger partial charge in [0.05, 0.1) is 0 Å². The molecule has 1 fully saturated rings. The molecular weight excluding hydrogens is 563 g/mol. The summed E-state index contributed by atoms with van der Waals surface area (Å²) in [6.45, 7) is -0.443. The van der Waals surface area contributed by atoms with Crippen molar-refractivity contribution in [1.82, 2.24) is 0 Å². The Bertz CT molecular complexity index is 557. The fourth-order valence-corrected chi connectivity index (χ4v) is 2.88. The van der Waals surface area contributed by atoms with E-state index in [2.05, 4.69) is 20.7 Å². The summed E-state index contributed by atoms with van der Waals surface area (Å²) in [5, 5.41) is -1.61. The Morgan fingerprint density at radius 3 is 2.55 bits per heavy atom. The molecule has 22 heavy (non-hydrogen) atoms. The summed E-state index contributed by atoms with van der Waals surface area (Å²) < 4.78 is 41.6. The van der Waals surface area contributed by atoms with Crippen LogP contribution in [-0.2, 0) is 14.2 Å². The van der Waals surface area contributed by atoms with Gasteiger partial charge in [-0.2, -0.15) is 0 Å². The molecule has 0 amide bonds. The molecule has 1 aliphatic rings. The van der Waals surface area contributed by atoms with Gasteiger partial charge in [0.2, 0.25) is 0 Å². The van der Waals surface area contributed by atoms with E-state index >= 15 is 0 Å². The topological polar surface area (TPSA) is 61.8 Å². The predicted molar refractivity (Wildman–Crippen MR) is 75.3 cm³/mol. The minimum absolute atomic E-state index is 0.184. The number of hydrogen-bond donors (Lipinski definition) is 0. The van der Waals surface area contributed by atoms with Crippen LogP contribution in [0.3, 0.4) is 0 Å². The molecule has 1 saturated heterocycles. The molecule has 9 heteroatoms. The zero-order valence-electron chi connectivity index (χ0n) is 10.9. The van der Waals surface area contributed by atoms with E-state index in [4.69, 9.17) is 9.47 Å².